The van der Waals surface area contributed by atoms with Crippen molar-refractivity contribution in [3.63, 3.8) is 0 Å². The largest absolute Gasteiger partial charge is 0.444 e. The maximum Gasteiger partial charge on any atom is 0.408 e. The van der Waals surface area contributed by atoms with E-state index in [4.69, 9.17) is 4.74 Å². The summed E-state index contributed by atoms with van der Waals surface area (Å²) in [7, 11) is 0. The van der Waals surface area contributed by atoms with Gasteiger partial charge in [0.15, 0.2) is 0 Å². The molecule has 15 heavy (non-hydrogen) atoms. The third-order valence-electron chi connectivity index (χ3n) is 2.12. The first-order valence-corrected chi connectivity index (χ1v) is 5.21. The van der Waals surface area contributed by atoms with E-state index in [-0.39, 0.29) is 12.1 Å². The molecule has 0 radical (unpaired) electrons. The molecule has 3 nitrogen and oxygen atoms in total. The van der Waals surface area contributed by atoms with Crippen LogP contribution in [-0.2, 0) is 4.74 Å². The van der Waals surface area contributed by atoms with Gasteiger partial charge in [-0.3, -0.25) is 0 Å². The van der Waals surface area contributed by atoms with Crippen LogP contribution in [0.25, 0.3) is 0 Å². The van der Waals surface area contributed by atoms with Crippen molar-refractivity contribution in [1.29, 1.82) is 0 Å². The number of carbonyl (C=O) groups excluding carboxylic acids is 1. The van der Waals surface area contributed by atoms with Crippen LogP contribution in [0.3, 0.4) is 0 Å². The Hall–Kier alpha value is -1.25. The van der Waals surface area contributed by atoms with Gasteiger partial charge in [0.2, 0.25) is 0 Å². The van der Waals surface area contributed by atoms with Crippen molar-refractivity contribution in [1.82, 2.24) is 5.32 Å². The molecule has 0 unspecified atom stereocenters. The van der Waals surface area contributed by atoms with Crippen molar-refractivity contribution < 1.29 is 9.53 Å². The molecule has 84 valence electrons. The molecule has 3 heteroatoms. The highest BCUT2D eigenvalue weighted by molar-refractivity contribution is 5.68. The second-order valence-electron chi connectivity index (χ2n) is 4.77. The fraction of sp³-hybridized carbons (Fsp3) is 0.583. The average molecular weight is 209 g/mol. The van der Waals surface area contributed by atoms with E-state index in [1.165, 1.54) is 0 Å². The molecule has 2 atom stereocenters. The van der Waals surface area contributed by atoms with Crippen molar-refractivity contribution in [2.45, 2.75) is 38.8 Å². The van der Waals surface area contributed by atoms with Gasteiger partial charge in [0, 0.05) is 0 Å². The molecule has 1 aliphatic rings. The zero-order valence-corrected chi connectivity index (χ0v) is 9.62. The van der Waals surface area contributed by atoms with E-state index in [1.54, 1.807) is 0 Å². The highest BCUT2D eigenvalue weighted by Crippen LogP contribution is 2.18. The Morgan fingerprint density at radius 2 is 2.20 bits per heavy atom. The van der Waals surface area contributed by atoms with Gasteiger partial charge in [0.1, 0.15) is 5.60 Å². The molecule has 1 rings (SSSR count). The molecule has 1 aliphatic carbocycles. The fourth-order valence-corrected chi connectivity index (χ4v) is 1.47. The first-order chi connectivity index (χ1) is 6.90. The summed E-state index contributed by atoms with van der Waals surface area (Å²) in [5.74, 6) is 0.366. The molecule has 0 saturated carbocycles. The molecule has 0 aliphatic heterocycles. The number of hydrogen-bond donors (Lipinski definition) is 1. The number of allylic oxidation sites excluding steroid dienone is 2. The first-order valence-electron chi connectivity index (χ1n) is 5.21. The van der Waals surface area contributed by atoms with Gasteiger partial charge in [-0.05, 0) is 33.1 Å². The summed E-state index contributed by atoms with van der Waals surface area (Å²) in [6, 6.07) is 0.0721. The van der Waals surface area contributed by atoms with Crippen molar-refractivity contribution in [2.24, 2.45) is 5.92 Å². The topological polar surface area (TPSA) is 38.3 Å². The lowest BCUT2D eigenvalue weighted by Crippen LogP contribution is -2.37. The van der Waals surface area contributed by atoms with Crippen molar-refractivity contribution >= 4 is 6.09 Å². The van der Waals surface area contributed by atoms with E-state index in [1.807, 2.05) is 32.9 Å². The van der Waals surface area contributed by atoms with E-state index < -0.39 is 5.60 Å². The molecular formula is C12H19NO2. The summed E-state index contributed by atoms with van der Waals surface area (Å²) in [4.78, 5) is 11.4. The summed E-state index contributed by atoms with van der Waals surface area (Å²) in [5.41, 5.74) is -0.440. The van der Waals surface area contributed by atoms with E-state index >= 15 is 0 Å². The average Bonchev–Trinajstić information content (AvgIpc) is 2.48. The highest BCUT2D eigenvalue weighted by atomic mass is 16.6. The Morgan fingerprint density at radius 1 is 1.53 bits per heavy atom. The third-order valence-corrected chi connectivity index (χ3v) is 2.12. The number of carbonyl (C=O) groups is 1. The van der Waals surface area contributed by atoms with Crippen molar-refractivity contribution in [2.75, 3.05) is 0 Å². The Labute approximate surface area is 91.2 Å². The summed E-state index contributed by atoms with van der Waals surface area (Å²) in [6.07, 6.45) is 6.43. The predicted octanol–water partition coefficient (Wildman–Crippen LogP) is 2.64. The van der Waals surface area contributed by atoms with Gasteiger partial charge in [-0.15, -0.1) is 6.58 Å². The van der Waals surface area contributed by atoms with E-state index in [0.29, 0.717) is 5.92 Å². The van der Waals surface area contributed by atoms with E-state index in [9.17, 15) is 4.79 Å². The van der Waals surface area contributed by atoms with Crippen LogP contribution in [0.5, 0.6) is 0 Å². The zero-order valence-electron chi connectivity index (χ0n) is 9.62. The highest BCUT2D eigenvalue weighted by Gasteiger charge is 2.21. The first kappa shape index (κ1) is 11.8. The van der Waals surface area contributed by atoms with Crippen molar-refractivity contribution in [3.8, 4) is 0 Å². The van der Waals surface area contributed by atoms with Crippen LogP contribution in [0.1, 0.15) is 27.2 Å². The third kappa shape index (κ3) is 4.19. The molecule has 0 fully saturated rings. The lowest BCUT2D eigenvalue weighted by Gasteiger charge is -2.21. The van der Waals surface area contributed by atoms with Gasteiger partial charge in [0.25, 0.3) is 0 Å². The Kier molecular flexibility index (Phi) is 3.56. The summed E-state index contributed by atoms with van der Waals surface area (Å²) in [6.45, 7) is 9.27. The van der Waals surface area contributed by atoms with Crippen LogP contribution in [0.4, 0.5) is 4.79 Å². The van der Waals surface area contributed by atoms with Gasteiger partial charge in [-0.25, -0.2) is 4.79 Å². The predicted molar refractivity (Wildman–Crippen MR) is 60.6 cm³/mol. The maximum atomic E-state index is 11.4. The minimum Gasteiger partial charge on any atom is -0.444 e. The Balaban J connectivity index is 2.35. The second-order valence-corrected chi connectivity index (χ2v) is 4.77. The lowest BCUT2D eigenvalue weighted by molar-refractivity contribution is 0.0513. The van der Waals surface area contributed by atoms with Crippen LogP contribution in [0, 0.1) is 5.92 Å². The minimum absolute atomic E-state index is 0.0721. The monoisotopic (exact) mass is 209 g/mol. The molecule has 0 heterocycles. The van der Waals surface area contributed by atoms with Gasteiger partial charge in [-0.2, -0.15) is 0 Å². The van der Waals surface area contributed by atoms with Gasteiger partial charge < -0.3 is 10.1 Å². The standard InChI is InChI=1S/C12H19NO2/c1-5-9-6-7-10(8-9)13-11(14)15-12(2,3)4/h5-7,9-10H,1,8H2,2-4H3,(H,13,14)/t9-,10-/m1/s1. The molecule has 0 aromatic carbocycles. The van der Waals surface area contributed by atoms with Crippen LogP contribution in [0.2, 0.25) is 0 Å². The number of nitrogens with one attached hydrogen (secondary N) is 1. The van der Waals surface area contributed by atoms with Gasteiger partial charge in [-0.1, -0.05) is 18.2 Å². The molecule has 0 bridgehead atoms. The van der Waals surface area contributed by atoms with Crippen LogP contribution in [0.15, 0.2) is 24.8 Å². The number of hydrogen-bond acceptors (Lipinski definition) is 2. The molecule has 1 amide bonds. The summed E-state index contributed by atoms with van der Waals surface area (Å²) >= 11 is 0. The smallest absolute Gasteiger partial charge is 0.408 e. The summed E-state index contributed by atoms with van der Waals surface area (Å²) < 4.78 is 5.16. The molecular weight excluding hydrogens is 190 g/mol. The number of amides is 1. The molecule has 0 spiro atoms. The molecule has 1 N–H and O–H groups in total. The van der Waals surface area contributed by atoms with Crippen LogP contribution < -0.4 is 5.32 Å². The minimum atomic E-state index is -0.440. The Bertz CT molecular complexity index is 276. The van der Waals surface area contributed by atoms with Gasteiger partial charge in [0.05, 0.1) is 6.04 Å². The van der Waals surface area contributed by atoms with Crippen LogP contribution in [-0.4, -0.2) is 17.7 Å². The zero-order chi connectivity index (χ0) is 11.5. The molecule has 0 saturated heterocycles. The quantitative estimate of drug-likeness (QED) is 0.710. The molecule has 0 aromatic heterocycles. The summed E-state index contributed by atoms with van der Waals surface area (Å²) in [5, 5.41) is 2.80. The number of ether oxygens (including phenoxy) is 1. The lowest BCUT2D eigenvalue weighted by atomic mass is 10.1. The van der Waals surface area contributed by atoms with Gasteiger partial charge >= 0.3 is 6.09 Å². The van der Waals surface area contributed by atoms with Crippen molar-refractivity contribution in [3.05, 3.63) is 24.8 Å². The normalized spacial score (nSPS) is 25.0. The van der Waals surface area contributed by atoms with E-state index in [2.05, 4.69) is 18.0 Å². The van der Waals surface area contributed by atoms with Crippen LogP contribution >= 0.6 is 0 Å². The Morgan fingerprint density at radius 3 is 2.67 bits per heavy atom. The number of rotatable bonds is 2. The molecule has 0 aromatic rings. The SMILES string of the molecule is C=C[C@@H]1C=C[C@@H](NC(=O)OC(C)(C)C)C1. The number of alkyl carbamates (subject to hydrolysis) is 1. The van der Waals surface area contributed by atoms with E-state index in [0.717, 1.165) is 6.42 Å². The maximum absolute atomic E-state index is 11.4. The second kappa shape index (κ2) is 4.51. The fourth-order valence-electron chi connectivity index (χ4n) is 1.47.